The number of aromatic nitrogens is 2. The normalized spacial score (nSPS) is 10.4. The van der Waals surface area contributed by atoms with E-state index in [2.05, 4.69) is 4.98 Å². The maximum absolute atomic E-state index is 11.6. The van der Waals surface area contributed by atoms with Crippen LogP contribution in [0.3, 0.4) is 0 Å². The van der Waals surface area contributed by atoms with Crippen LogP contribution in [0.4, 0.5) is 0 Å². The number of hydrogen-bond acceptors (Lipinski definition) is 4. The summed E-state index contributed by atoms with van der Waals surface area (Å²) in [5.41, 5.74) is 5.09. The van der Waals surface area contributed by atoms with Crippen LogP contribution >= 0.6 is 0 Å². The number of phenols is 1. The van der Waals surface area contributed by atoms with E-state index in [1.54, 1.807) is 12.1 Å². The lowest BCUT2D eigenvalue weighted by atomic mass is 10.3. The van der Waals surface area contributed by atoms with Crippen molar-refractivity contribution in [1.29, 1.82) is 0 Å². The highest BCUT2D eigenvalue weighted by Crippen LogP contribution is 2.13. The molecule has 4 N–H and O–H groups in total. The molecule has 0 saturated carbocycles. The minimum atomic E-state index is -0.571. The molecule has 1 heterocycles. The van der Waals surface area contributed by atoms with Gasteiger partial charge in [-0.25, -0.2) is 4.79 Å². The van der Waals surface area contributed by atoms with Gasteiger partial charge in [0.05, 0.1) is 5.69 Å². The predicted molar refractivity (Wildman–Crippen MR) is 62.2 cm³/mol. The Balaban J connectivity index is 2.67. The molecule has 1 aromatic heterocycles. The van der Waals surface area contributed by atoms with Gasteiger partial charge < -0.3 is 10.8 Å². The van der Waals surface area contributed by atoms with Crippen molar-refractivity contribution in [3.05, 3.63) is 56.9 Å². The minimum absolute atomic E-state index is 0.0361. The van der Waals surface area contributed by atoms with E-state index in [1.807, 2.05) is 0 Å². The van der Waals surface area contributed by atoms with Crippen LogP contribution < -0.4 is 17.0 Å². The van der Waals surface area contributed by atoms with Crippen LogP contribution in [-0.2, 0) is 6.54 Å². The highest BCUT2D eigenvalue weighted by atomic mass is 16.3. The molecule has 0 bridgehead atoms. The summed E-state index contributed by atoms with van der Waals surface area (Å²) in [6.07, 6.45) is 1.37. The lowest BCUT2D eigenvalue weighted by Crippen LogP contribution is -2.31. The molecule has 2 rings (SSSR count). The molecule has 0 amide bonds. The second-order valence-corrected chi connectivity index (χ2v) is 3.51. The Labute approximate surface area is 96.0 Å². The van der Waals surface area contributed by atoms with Crippen molar-refractivity contribution in [2.24, 2.45) is 5.73 Å². The molecule has 17 heavy (non-hydrogen) atoms. The van der Waals surface area contributed by atoms with Crippen LogP contribution in [0.1, 0.15) is 5.56 Å². The first kappa shape index (κ1) is 11.2. The molecule has 6 nitrogen and oxygen atoms in total. The van der Waals surface area contributed by atoms with E-state index in [1.165, 1.54) is 22.9 Å². The molecule has 0 aliphatic carbocycles. The van der Waals surface area contributed by atoms with Gasteiger partial charge >= 0.3 is 5.69 Å². The smallest absolute Gasteiger partial charge is 0.332 e. The van der Waals surface area contributed by atoms with E-state index >= 15 is 0 Å². The average Bonchev–Trinajstić information content (AvgIpc) is 2.29. The lowest BCUT2D eigenvalue weighted by molar-refractivity contribution is 0.475. The molecule has 0 saturated heterocycles. The molecule has 0 aliphatic heterocycles. The third kappa shape index (κ3) is 2.11. The first-order valence-corrected chi connectivity index (χ1v) is 4.96. The average molecular weight is 233 g/mol. The quantitative estimate of drug-likeness (QED) is 0.662. The maximum Gasteiger partial charge on any atom is 0.332 e. The van der Waals surface area contributed by atoms with E-state index in [4.69, 9.17) is 5.73 Å². The summed E-state index contributed by atoms with van der Waals surface area (Å²) in [6, 6.07) is 6.15. The van der Waals surface area contributed by atoms with Gasteiger partial charge in [0.25, 0.3) is 5.56 Å². The van der Waals surface area contributed by atoms with Gasteiger partial charge in [-0.3, -0.25) is 14.3 Å². The van der Waals surface area contributed by atoms with Gasteiger partial charge in [-0.15, -0.1) is 0 Å². The van der Waals surface area contributed by atoms with Crippen molar-refractivity contribution >= 4 is 0 Å². The zero-order valence-corrected chi connectivity index (χ0v) is 8.88. The highest BCUT2D eigenvalue weighted by molar-refractivity contribution is 5.38. The molecular formula is C11H11N3O3. The Morgan fingerprint density at radius 2 is 2.12 bits per heavy atom. The molecule has 0 fully saturated rings. The fourth-order valence-electron chi connectivity index (χ4n) is 1.49. The number of hydrogen-bond donors (Lipinski definition) is 3. The summed E-state index contributed by atoms with van der Waals surface area (Å²) in [7, 11) is 0. The number of benzene rings is 1. The third-order valence-electron chi connectivity index (χ3n) is 2.34. The number of phenolic OH excluding ortho intramolecular Hbond substituents is 1. The van der Waals surface area contributed by atoms with Crippen molar-refractivity contribution < 1.29 is 5.11 Å². The van der Waals surface area contributed by atoms with Gasteiger partial charge in [-0.2, -0.15) is 0 Å². The van der Waals surface area contributed by atoms with Crippen molar-refractivity contribution in [2.45, 2.75) is 6.54 Å². The monoisotopic (exact) mass is 233 g/mol. The Morgan fingerprint density at radius 1 is 1.35 bits per heavy atom. The summed E-state index contributed by atoms with van der Waals surface area (Å²) in [5, 5.41) is 9.33. The zero-order valence-electron chi connectivity index (χ0n) is 8.88. The van der Waals surface area contributed by atoms with E-state index < -0.39 is 11.2 Å². The summed E-state index contributed by atoms with van der Waals surface area (Å²) in [6.45, 7) is 0.0361. The maximum atomic E-state index is 11.6. The van der Waals surface area contributed by atoms with Crippen LogP contribution in [0.15, 0.2) is 40.1 Å². The van der Waals surface area contributed by atoms with E-state index in [0.717, 1.165) is 0 Å². The molecule has 0 unspecified atom stereocenters. The number of nitrogens with two attached hydrogens (primary N) is 1. The number of H-pyrrole nitrogens is 1. The molecule has 0 aliphatic rings. The van der Waals surface area contributed by atoms with Crippen molar-refractivity contribution in [1.82, 2.24) is 9.55 Å². The third-order valence-corrected chi connectivity index (χ3v) is 2.34. The largest absolute Gasteiger partial charge is 0.508 e. The van der Waals surface area contributed by atoms with Crippen LogP contribution in [0.25, 0.3) is 5.69 Å². The summed E-state index contributed by atoms with van der Waals surface area (Å²) in [5.74, 6) is 0.0369. The molecule has 0 radical (unpaired) electrons. The fraction of sp³-hybridized carbons (Fsp3) is 0.0909. The lowest BCUT2D eigenvalue weighted by Gasteiger charge is -2.06. The Morgan fingerprint density at radius 3 is 2.76 bits per heavy atom. The second-order valence-electron chi connectivity index (χ2n) is 3.51. The van der Waals surface area contributed by atoms with Gasteiger partial charge in [-0.1, -0.05) is 6.07 Å². The second kappa shape index (κ2) is 4.26. The predicted octanol–water partition coefficient (Wildman–Crippen LogP) is -0.310. The molecule has 0 spiro atoms. The number of nitrogens with one attached hydrogen (secondary N) is 1. The SMILES string of the molecule is NCc1cn(-c2cccc(O)c2)c(=O)[nH]c1=O. The molecule has 2 aromatic rings. The van der Waals surface area contributed by atoms with Crippen LogP contribution in [0.2, 0.25) is 0 Å². The van der Waals surface area contributed by atoms with Gasteiger partial charge in [0.2, 0.25) is 0 Å². The van der Waals surface area contributed by atoms with Gasteiger partial charge in [0, 0.05) is 24.4 Å². The minimum Gasteiger partial charge on any atom is -0.508 e. The van der Waals surface area contributed by atoms with Crippen LogP contribution in [0.5, 0.6) is 5.75 Å². The standard InChI is InChI=1S/C11H11N3O3/c12-5-7-6-14(11(17)13-10(7)16)8-2-1-3-9(15)4-8/h1-4,6,15H,5,12H2,(H,13,16,17). The molecular weight excluding hydrogens is 222 g/mol. The number of aromatic amines is 1. The summed E-state index contributed by atoms with van der Waals surface area (Å²) >= 11 is 0. The highest BCUT2D eigenvalue weighted by Gasteiger charge is 2.05. The van der Waals surface area contributed by atoms with E-state index in [0.29, 0.717) is 11.3 Å². The van der Waals surface area contributed by atoms with Gasteiger partial charge in [0.15, 0.2) is 0 Å². The number of nitrogens with zero attached hydrogens (tertiary/aromatic N) is 1. The van der Waals surface area contributed by atoms with Crippen molar-refractivity contribution in [2.75, 3.05) is 0 Å². The molecule has 88 valence electrons. The summed E-state index contributed by atoms with van der Waals surface area (Å²) < 4.78 is 1.23. The Hall–Kier alpha value is -2.34. The topological polar surface area (TPSA) is 101 Å². The molecule has 0 atom stereocenters. The molecule has 6 heteroatoms. The Kier molecular flexibility index (Phi) is 2.80. The van der Waals surface area contributed by atoms with Gasteiger partial charge in [-0.05, 0) is 12.1 Å². The van der Waals surface area contributed by atoms with Crippen LogP contribution in [0, 0.1) is 0 Å². The van der Waals surface area contributed by atoms with E-state index in [-0.39, 0.29) is 12.3 Å². The van der Waals surface area contributed by atoms with Crippen molar-refractivity contribution in [3.8, 4) is 11.4 Å². The Bertz CT molecular complexity index is 657. The number of rotatable bonds is 2. The number of aromatic hydroxyl groups is 1. The van der Waals surface area contributed by atoms with Crippen LogP contribution in [-0.4, -0.2) is 14.7 Å². The summed E-state index contributed by atoms with van der Waals surface area (Å²) in [4.78, 5) is 25.1. The first-order valence-electron chi connectivity index (χ1n) is 4.96. The first-order chi connectivity index (χ1) is 8.11. The van der Waals surface area contributed by atoms with E-state index in [9.17, 15) is 14.7 Å². The zero-order chi connectivity index (χ0) is 12.4. The van der Waals surface area contributed by atoms with Crippen molar-refractivity contribution in [3.63, 3.8) is 0 Å². The fourth-order valence-corrected chi connectivity index (χ4v) is 1.49. The molecule has 1 aromatic carbocycles. The van der Waals surface area contributed by atoms with Gasteiger partial charge in [0.1, 0.15) is 5.75 Å².